The highest BCUT2D eigenvalue weighted by Crippen LogP contribution is 2.37. The van der Waals surface area contributed by atoms with Crippen molar-refractivity contribution in [1.82, 2.24) is 0 Å². The van der Waals surface area contributed by atoms with Gasteiger partial charge in [0.1, 0.15) is 19.0 Å². The van der Waals surface area contributed by atoms with Crippen LogP contribution in [0.25, 0.3) is 0 Å². The average Bonchev–Trinajstić information content (AvgIpc) is 3.04. The van der Waals surface area contributed by atoms with Gasteiger partial charge in [0, 0.05) is 30.8 Å². The van der Waals surface area contributed by atoms with Crippen molar-refractivity contribution in [2.75, 3.05) is 23.7 Å². The Bertz CT molecular complexity index is 1830. The summed E-state index contributed by atoms with van der Waals surface area (Å²) in [5, 5.41) is 33.4. The molecule has 4 N–H and O–H groups in total. The van der Waals surface area contributed by atoms with Gasteiger partial charge in [-0.25, -0.2) is 4.39 Å². The van der Waals surface area contributed by atoms with E-state index in [2.05, 4.69) is 48.6 Å². The number of benzene rings is 4. The van der Waals surface area contributed by atoms with Crippen LogP contribution in [0.4, 0.5) is 15.8 Å². The number of anilines is 2. The van der Waals surface area contributed by atoms with E-state index in [1.54, 1.807) is 54.6 Å². The maximum absolute atomic E-state index is 14.3. The molecule has 4 aromatic rings. The Morgan fingerprint density at radius 3 is 2.06 bits per heavy atom. The number of carbonyl (C=O) groups is 2. The Morgan fingerprint density at radius 2 is 1.48 bits per heavy atom. The van der Waals surface area contributed by atoms with Crippen LogP contribution in [-0.2, 0) is 35.6 Å². The zero-order chi connectivity index (χ0) is 36.8. The van der Waals surface area contributed by atoms with Crippen LogP contribution in [0.1, 0.15) is 48.1 Å². The smallest absolute Gasteiger partial charge is 0.307 e. The fourth-order valence-electron chi connectivity index (χ4n) is 4.64. The summed E-state index contributed by atoms with van der Waals surface area (Å²) in [5.41, 5.74) is 4.44. The predicted molar refractivity (Wildman–Crippen MR) is 200 cm³/mol. The van der Waals surface area contributed by atoms with E-state index in [1.807, 2.05) is 19.9 Å². The number of carboxylic acid groups (broad SMARTS) is 2. The van der Waals surface area contributed by atoms with E-state index in [0.29, 0.717) is 55.6 Å². The number of nitrogens with one attached hydrogen (secondary N) is 2. The van der Waals surface area contributed by atoms with Crippen LogP contribution < -0.4 is 20.1 Å². The second kappa shape index (κ2) is 20.0. The van der Waals surface area contributed by atoms with E-state index in [1.165, 1.54) is 0 Å². The Morgan fingerprint density at radius 1 is 0.840 bits per heavy atom. The molecule has 14 heteroatoms. The second-order valence-corrected chi connectivity index (χ2v) is 13.2. The number of rotatable bonds is 15. The van der Waals surface area contributed by atoms with Gasteiger partial charge in [0.25, 0.3) is 0 Å². The molecule has 4 rings (SSSR count). The summed E-state index contributed by atoms with van der Waals surface area (Å²) in [6.45, 7) is 5.49. The minimum absolute atomic E-state index is 0.0186. The van der Waals surface area contributed by atoms with Crippen LogP contribution in [0.2, 0.25) is 10.0 Å². The van der Waals surface area contributed by atoms with Crippen molar-refractivity contribution in [2.45, 2.75) is 46.3 Å². The largest absolute Gasteiger partial charge is 0.487 e. The minimum Gasteiger partial charge on any atom is -0.487 e. The molecule has 0 aromatic heterocycles. The van der Waals surface area contributed by atoms with Crippen LogP contribution in [0.3, 0.4) is 0 Å². The third kappa shape index (κ3) is 12.4. The predicted octanol–water partition coefficient (Wildman–Crippen LogP) is 9.88. The molecule has 0 fully saturated rings. The van der Waals surface area contributed by atoms with E-state index in [4.69, 9.17) is 48.2 Å². The lowest BCUT2D eigenvalue weighted by atomic mass is 10.1. The number of aryl methyl sites for hydroxylation is 1. The second-order valence-electron chi connectivity index (χ2n) is 10.7. The topological polar surface area (TPSA) is 141 Å². The van der Waals surface area contributed by atoms with Crippen LogP contribution in [0.5, 0.6) is 11.5 Å². The Balaban J connectivity index is 0.000000270. The third-order valence-corrected chi connectivity index (χ3v) is 8.54. The van der Waals surface area contributed by atoms with Gasteiger partial charge < -0.3 is 30.3 Å². The molecule has 264 valence electrons. The summed E-state index contributed by atoms with van der Waals surface area (Å²) in [5.74, 6) is -1.34. The lowest BCUT2D eigenvalue weighted by Gasteiger charge is -2.13. The number of carboxylic acids is 2. The summed E-state index contributed by atoms with van der Waals surface area (Å²) < 4.78 is 27.1. The molecule has 0 amide bonds. The van der Waals surface area contributed by atoms with Crippen molar-refractivity contribution in [3.63, 3.8) is 0 Å². The first kappa shape index (κ1) is 40.4. The molecule has 0 bridgehead atoms. The summed E-state index contributed by atoms with van der Waals surface area (Å²) >= 11 is 19.2. The lowest BCUT2D eigenvalue weighted by molar-refractivity contribution is -0.137. The number of hydrogen-bond donors (Lipinski definition) is 4. The first-order valence-corrected chi connectivity index (χ1v) is 17.6. The summed E-state index contributed by atoms with van der Waals surface area (Å²) in [6, 6.07) is 19.3. The van der Waals surface area contributed by atoms with Crippen LogP contribution in [-0.4, -0.2) is 35.2 Å². The molecule has 0 atom stereocenters. The third-order valence-electron chi connectivity index (χ3n) is 6.80. The van der Waals surface area contributed by atoms with E-state index in [-0.39, 0.29) is 47.7 Å². The van der Waals surface area contributed by atoms with Crippen LogP contribution in [0.15, 0.2) is 69.6 Å². The van der Waals surface area contributed by atoms with Gasteiger partial charge in [-0.3, -0.25) is 9.59 Å². The fraction of sp³-hybridized carbons (Fsp3) is 0.250. The molecule has 9 nitrogen and oxygen atoms in total. The van der Waals surface area contributed by atoms with Crippen LogP contribution >= 0.6 is 55.1 Å². The maximum Gasteiger partial charge on any atom is 0.307 e. The van der Waals surface area contributed by atoms with Crippen molar-refractivity contribution in [2.24, 2.45) is 0 Å². The SMILES string of the molecule is CCNc1cc(C#N)cc(COc2c(Br)cc(CC(=O)O)cc2Br)c1.CCNc1cccc(COc2c(Cl)cc(CCC(=O)O)cc2Cl)c1F. The van der Waals surface area contributed by atoms with Gasteiger partial charge in [0.05, 0.1) is 42.7 Å². The number of halogens is 5. The highest BCUT2D eigenvalue weighted by atomic mass is 79.9. The van der Waals surface area contributed by atoms with Gasteiger partial charge in [-0.05, 0) is 117 Å². The fourth-order valence-corrected chi connectivity index (χ4v) is 6.79. The molecule has 50 heavy (non-hydrogen) atoms. The molecular weight excluding hydrogens is 820 g/mol. The van der Waals surface area contributed by atoms with Crippen molar-refractivity contribution >= 4 is 78.4 Å². The van der Waals surface area contributed by atoms with E-state index in [9.17, 15) is 14.0 Å². The molecule has 0 saturated heterocycles. The number of nitriles is 1. The first-order valence-electron chi connectivity index (χ1n) is 15.3. The van der Waals surface area contributed by atoms with Gasteiger partial charge in [0.15, 0.2) is 11.6 Å². The number of aliphatic carboxylic acids is 2. The molecule has 0 spiro atoms. The molecule has 4 aromatic carbocycles. The maximum atomic E-state index is 14.3. The molecular formula is C36H34Br2Cl2FN3O6. The molecule has 0 saturated carbocycles. The monoisotopic (exact) mass is 851 g/mol. The molecule has 0 aliphatic heterocycles. The average molecular weight is 854 g/mol. The molecule has 0 aliphatic rings. The van der Waals surface area contributed by atoms with Gasteiger partial charge in [0.2, 0.25) is 0 Å². The molecule has 0 radical (unpaired) electrons. The van der Waals surface area contributed by atoms with E-state index in [0.717, 1.165) is 17.8 Å². The van der Waals surface area contributed by atoms with Gasteiger partial charge in [-0.2, -0.15) is 5.26 Å². The lowest BCUT2D eigenvalue weighted by Crippen LogP contribution is -2.05. The van der Waals surface area contributed by atoms with Gasteiger partial charge in [-0.15, -0.1) is 0 Å². The van der Waals surface area contributed by atoms with Gasteiger partial charge >= 0.3 is 11.9 Å². The highest BCUT2D eigenvalue weighted by Gasteiger charge is 2.14. The normalized spacial score (nSPS) is 10.4. The molecule has 0 unspecified atom stereocenters. The van der Waals surface area contributed by atoms with Crippen molar-refractivity contribution in [1.29, 1.82) is 5.26 Å². The van der Waals surface area contributed by atoms with Crippen molar-refractivity contribution in [3.8, 4) is 17.6 Å². The van der Waals surface area contributed by atoms with Gasteiger partial charge in [-0.1, -0.05) is 35.3 Å². The molecule has 0 aliphatic carbocycles. The highest BCUT2D eigenvalue weighted by molar-refractivity contribution is 9.11. The number of ether oxygens (including phenoxy) is 2. The quantitative estimate of drug-likeness (QED) is 0.0920. The number of hydrogen-bond acceptors (Lipinski definition) is 7. The Hall–Kier alpha value is -4.02. The zero-order valence-corrected chi connectivity index (χ0v) is 31.8. The van der Waals surface area contributed by atoms with Crippen molar-refractivity contribution < 1.29 is 33.7 Å². The van der Waals surface area contributed by atoms with E-state index < -0.39 is 11.9 Å². The summed E-state index contributed by atoms with van der Waals surface area (Å²) in [7, 11) is 0. The molecule has 0 heterocycles. The standard InChI is InChI=1S/C18H16Br2N2O3.C18H18Cl2FNO3/c1-2-22-14-4-12(9-21)3-13(5-14)10-25-18-15(19)6-11(7-16(18)20)8-17(23)24;1-2-22-15-5-3-4-12(17(15)21)10-25-18-13(19)8-11(9-14(18)20)6-7-16(23)24/h3-7,22H,2,8,10H2,1H3,(H,23,24);3-5,8-9,22H,2,6-7,10H2,1H3,(H,23,24). The first-order chi connectivity index (χ1) is 23.8. The number of nitrogens with zero attached hydrogens (tertiary/aromatic N) is 1. The van der Waals surface area contributed by atoms with Crippen LogP contribution in [0, 0.1) is 17.1 Å². The zero-order valence-electron chi connectivity index (χ0n) is 27.1. The van der Waals surface area contributed by atoms with E-state index >= 15 is 0 Å². The summed E-state index contributed by atoms with van der Waals surface area (Å²) in [6.07, 6.45) is 0.234. The summed E-state index contributed by atoms with van der Waals surface area (Å²) in [4.78, 5) is 21.5. The Labute approximate surface area is 316 Å². The minimum atomic E-state index is -0.899. The Kier molecular flexibility index (Phi) is 16.2. The van der Waals surface area contributed by atoms with Crippen molar-refractivity contribution in [3.05, 3.63) is 113 Å².